The molecular weight excluding hydrogens is 427 g/mol. The Bertz CT molecular complexity index is 1140. The lowest BCUT2D eigenvalue weighted by molar-refractivity contribution is 0.00333. The van der Waals surface area contributed by atoms with Crippen molar-refractivity contribution < 1.29 is 19.0 Å². The minimum absolute atomic E-state index is 0.0518. The molecule has 176 valence electrons. The van der Waals surface area contributed by atoms with Gasteiger partial charge in [-0.15, -0.1) is 0 Å². The second-order valence-electron chi connectivity index (χ2n) is 8.63. The number of aliphatic hydroxyl groups excluding tert-OH is 1. The van der Waals surface area contributed by atoms with E-state index in [0.717, 1.165) is 35.0 Å². The average molecular weight is 457 g/mol. The van der Waals surface area contributed by atoms with E-state index in [1.807, 2.05) is 24.0 Å². The first-order valence-corrected chi connectivity index (χ1v) is 11.3. The van der Waals surface area contributed by atoms with E-state index in [0.29, 0.717) is 37.9 Å². The fraction of sp³-hybridized carbons (Fsp3) is 0.522. The van der Waals surface area contributed by atoms with Gasteiger partial charge in [0.1, 0.15) is 12.0 Å². The van der Waals surface area contributed by atoms with Crippen molar-refractivity contribution in [1.29, 1.82) is 0 Å². The predicted octanol–water partition coefficient (Wildman–Crippen LogP) is 1.75. The van der Waals surface area contributed by atoms with Crippen molar-refractivity contribution in [2.75, 3.05) is 51.4 Å². The van der Waals surface area contributed by atoms with Crippen LogP contribution in [0.1, 0.15) is 23.5 Å². The Morgan fingerprint density at radius 3 is 2.91 bits per heavy atom. The van der Waals surface area contributed by atoms with E-state index in [9.17, 15) is 9.50 Å². The van der Waals surface area contributed by atoms with E-state index in [2.05, 4.69) is 26.4 Å². The zero-order valence-electron chi connectivity index (χ0n) is 18.9. The van der Waals surface area contributed by atoms with Crippen LogP contribution >= 0.6 is 0 Å². The van der Waals surface area contributed by atoms with E-state index in [1.165, 1.54) is 7.11 Å². The van der Waals surface area contributed by atoms with Crippen LogP contribution in [0.2, 0.25) is 0 Å². The fourth-order valence-corrected chi connectivity index (χ4v) is 4.76. The molecule has 0 spiro atoms. The molecule has 0 bridgehead atoms. The SMILES string of the molecule is COc1nc(N2CCO[C@@H](CO)C2)cc(-n2ncc3cc(C)c([C@@H]4CCNC[C@@H]4F)cc32)n1. The van der Waals surface area contributed by atoms with Gasteiger partial charge in [0.15, 0.2) is 5.82 Å². The zero-order chi connectivity index (χ0) is 22.9. The highest BCUT2D eigenvalue weighted by Gasteiger charge is 2.28. The van der Waals surface area contributed by atoms with Crippen LogP contribution in [0.3, 0.4) is 0 Å². The number of halogens is 1. The molecule has 10 heteroatoms. The average Bonchev–Trinajstić information content (AvgIpc) is 3.26. The highest BCUT2D eigenvalue weighted by Crippen LogP contribution is 2.33. The van der Waals surface area contributed by atoms with Crippen molar-refractivity contribution in [2.24, 2.45) is 0 Å². The van der Waals surface area contributed by atoms with Crippen molar-refractivity contribution in [3.8, 4) is 11.8 Å². The number of morpholine rings is 1. The minimum atomic E-state index is -0.919. The number of alkyl halides is 1. The number of ether oxygens (including phenoxy) is 2. The Hall–Kier alpha value is -2.82. The third kappa shape index (κ3) is 4.25. The molecule has 3 aromatic rings. The normalized spacial score (nSPS) is 23.8. The number of hydrogen-bond acceptors (Lipinski definition) is 8. The molecule has 3 atom stereocenters. The molecule has 2 saturated heterocycles. The number of methoxy groups -OCH3 is 1. The first-order valence-electron chi connectivity index (χ1n) is 11.3. The Labute approximate surface area is 191 Å². The summed E-state index contributed by atoms with van der Waals surface area (Å²) in [4.78, 5) is 11.1. The fourth-order valence-electron chi connectivity index (χ4n) is 4.76. The van der Waals surface area contributed by atoms with Crippen molar-refractivity contribution in [3.63, 3.8) is 0 Å². The van der Waals surface area contributed by atoms with Crippen LogP contribution in [0, 0.1) is 6.92 Å². The smallest absolute Gasteiger partial charge is 0.320 e. The number of aryl methyl sites for hydroxylation is 1. The van der Waals surface area contributed by atoms with Gasteiger partial charge < -0.3 is 24.8 Å². The van der Waals surface area contributed by atoms with Gasteiger partial charge in [-0.3, -0.25) is 0 Å². The number of piperidine rings is 1. The van der Waals surface area contributed by atoms with Crippen molar-refractivity contribution >= 4 is 16.7 Å². The first kappa shape index (κ1) is 22.0. The van der Waals surface area contributed by atoms with E-state index >= 15 is 0 Å². The van der Waals surface area contributed by atoms with Crippen molar-refractivity contribution in [3.05, 3.63) is 35.5 Å². The number of nitrogens with zero attached hydrogens (tertiary/aromatic N) is 5. The summed E-state index contributed by atoms with van der Waals surface area (Å²) in [7, 11) is 1.53. The number of rotatable bonds is 5. The summed E-state index contributed by atoms with van der Waals surface area (Å²) >= 11 is 0. The molecule has 2 aromatic heterocycles. The lowest BCUT2D eigenvalue weighted by Crippen LogP contribution is -2.44. The summed E-state index contributed by atoms with van der Waals surface area (Å²) in [5, 5.41) is 18.2. The molecule has 5 rings (SSSR count). The largest absolute Gasteiger partial charge is 0.467 e. The number of aliphatic hydroxyl groups is 1. The highest BCUT2D eigenvalue weighted by atomic mass is 19.1. The number of nitrogens with one attached hydrogen (secondary N) is 1. The van der Waals surface area contributed by atoms with Gasteiger partial charge in [-0.05, 0) is 43.1 Å². The number of aromatic nitrogens is 4. The number of benzene rings is 1. The van der Waals surface area contributed by atoms with Crippen molar-refractivity contribution in [2.45, 2.75) is 31.5 Å². The lowest BCUT2D eigenvalue weighted by atomic mass is 9.85. The Balaban J connectivity index is 1.56. The quantitative estimate of drug-likeness (QED) is 0.599. The third-order valence-electron chi connectivity index (χ3n) is 6.51. The number of hydrogen-bond donors (Lipinski definition) is 2. The highest BCUT2D eigenvalue weighted by molar-refractivity contribution is 5.82. The van der Waals surface area contributed by atoms with Crippen LogP contribution in [0.5, 0.6) is 6.01 Å². The van der Waals surface area contributed by atoms with E-state index in [4.69, 9.17) is 9.47 Å². The topological polar surface area (TPSA) is 97.6 Å². The number of fused-ring (bicyclic) bond motifs is 1. The summed E-state index contributed by atoms with van der Waals surface area (Å²) in [6, 6.07) is 6.20. The molecule has 0 radical (unpaired) electrons. The van der Waals surface area contributed by atoms with Crippen molar-refractivity contribution in [1.82, 2.24) is 25.1 Å². The third-order valence-corrected chi connectivity index (χ3v) is 6.51. The molecule has 9 nitrogen and oxygen atoms in total. The molecule has 33 heavy (non-hydrogen) atoms. The summed E-state index contributed by atoms with van der Waals surface area (Å²) < 4.78 is 27.4. The Kier molecular flexibility index (Phi) is 6.13. The first-order chi connectivity index (χ1) is 16.1. The molecule has 1 aromatic carbocycles. The molecule has 2 aliphatic heterocycles. The monoisotopic (exact) mass is 456 g/mol. The van der Waals surface area contributed by atoms with Gasteiger partial charge in [-0.25, -0.2) is 9.07 Å². The van der Waals surface area contributed by atoms with Gasteiger partial charge >= 0.3 is 6.01 Å². The molecule has 0 aliphatic carbocycles. The van der Waals surface area contributed by atoms with Gasteiger partial charge in [0.05, 0.1) is 38.1 Å². The van der Waals surface area contributed by atoms with E-state index < -0.39 is 6.17 Å². The number of anilines is 1. The summed E-state index contributed by atoms with van der Waals surface area (Å²) in [6.45, 7) is 4.83. The van der Waals surface area contributed by atoms with Gasteiger partial charge in [0.25, 0.3) is 0 Å². The molecule has 0 amide bonds. The maximum atomic E-state index is 14.7. The molecule has 2 N–H and O–H groups in total. The second kappa shape index (κ2) is 9.20. The van der Waals surface area contributed by atoms with Gasteiger partial charge in [-0.2, -0.15) is 15.1 Å². The van der Waals surface area contributed by atoms with E-state index in [-0.39, 0.29) is 24.6 Å². The lowest BCUT2D eigenvalue weighted by Gasteiger charge is -2.33. The summed E-state index contributed by atoms with van der Waals surface area (Å²) in [6.07, 6.45) is 1.37. The molecular formula is C23H29FN6O3. The van der Waals surface area contributed by atoms with Crippen LogP contribution in [0.4, 0.5) is 10.2 Å². The van der Waals surface area contributed by atoms with Gasteiger partial charge in [0.2, 0.25) is 0 Å². The standard InChI is InChI=1S/C23H29FN6O3/c1-14-7-15-10-26-30(20(15)8-18(14)17-3-4-25-11-19(17)24)22-9-21(27-23(28-22)32-2)29-5-6-33-16(12-29)13-31/h7-10,16-17,19,25,31H,3-6,11-13H2,1-2H3/t16-,17+,19+/m1/s1. The Morgan fingerprint density at radius 1 is 1.27 bits per heavy atom. The minimum Gasteiger partial charge on any atom is -0.467 e. The van der Waals surface area contributed by atoms with Gasteiger partial charge in [0, 0.05) is 37.0 Å². The van der Waals surface area contributed by atoms with Crippen LogP contribution in [-0.2, 0) is 4.74 Å². The maximum absolute atomic E-state index is 14.7. The predicted molar refractivity (Wildman–Crippen MR) is 122 cm³/mol. The molecule has 0 unspecified atom stereocenters. The summed E-state index contributed by atoms with van der Waals surface area (Å²) in [5.74, 6) is 1.10. The van der Waals surface area contributed by atoms with Crippen LogP contribution in [0.25, 0.3) is 16.7 Å². The Morgan fingerprint density at radius 2 is 2.12 bits per heavy atom. The van der Waals surface area contributed by atoms with Crippen LogP contribution in [-0.4, -0.2) is 83.6 Å². The van der Waals surface area contributed by atoms with Crippen LogP contribution < -0.4 is 15.0 Å². The zero-order valence-corrected chi connectivity index (χ0v) is 18.9. The maximum Gasteiger partial charge on any atom is 0.320 e. The second-order valence-corrected chi connectivity index (χ2v) is 8.63. The molecule has 0 saturated carbocycles. The van der Waals surface area contributed by atoms with Crippen LogP contribution in [0.15, 0.2) is 24.4 Å². The molecule has 4 heterocycles. The molecule has 2 fully saturated rings. The summed E-state index contributed by atoms with van der Waals surface area (Å²) in [5.41, 5.74) is 2.95. The van der Waals surface area contributed by atoms with E-state index in [1.54, 1.807) is 10.9 Å². The van der Waals surface area contributed by atoms with Gasteiger partial charge in [-0.1, -0.05) is 0 Å². The molecule has 2 aliphatic rings.